The van der Waals surface area contributed by atoms with Gasteiger partial charge in [0.2, 0.25) is 0 Å². The van der Waals surface area contributed by atoms with Crippen molar-refractivity contribution in [3.63, 3.8) is 0 Å². The predicted molar refractivity (Wildman–Crippen MR) is 83.6 cm³/mol. The zero-order chi connectivity index (χ0) is 15.1. The van der Waals surface area contributed by atoms with Gasteiger partial charge in [0.15, 0.2) is 6.10 Å². The average Bonchev–Trinajstić information content (AvgIpc) is 2.50. The maximum absolute atomic E-state index is 12.0. The molecule has 2 rings (SSSR count). The summed E-state index contributed by atoms with van der Waals surface area (Å²) in [6, 6.07) is 7.46. The van der Waals surface area contributed by atoms with Crippen LogP contribution in [0, 0.1) is 0 Å². The van der Waals surface area contributed by atoms with E-state index in [-0.39, 0.29) is 5.91 Å². The van der Waals surface area contributed by atoms with Crippen LogP contribution in [0.15, 0.2) is 28.7 Å². The van der Waals surface area contributed by atoms with Crippen molar-refractivity contribution in [1.29, 1.82) is 0 Å². The lowest BCUT2D eigenvalue weighted by Gasteiger charge is -2.24. The zero-order valence-corrected chi connectivity index (χ0v) is 13.8. The number of amides is 1. The number of morpholine rings is 1. The van der Waals surface area contributed by atoms with Gasteiger partial charge in [-0.1, -0.05) is 15.9 Å². The second-order valence-corrected chi connectivity index (χ2v) is 6.03. The molecule has 1 saturated heterocycles. The van der Waals surface area contributed by atoms with Crippen molar-refractivity contribution < 1.29 is 19.2 Å². The van der Waals surface area contributed by atoms with Gasteiger partial charge in [0.25, 0.3) is 5.91 Å². The number of carbonyl (C=O) groups is 1. The molecular formula is C15H22BrN2O3+. The molecule has 1 atom stereocenters. The second kappa shape index (κ2) is 8.36. The number of ether oxygens (including phenoxy) is 2. The molecule has 0 spiro atoms. The van der Waals surface area contributed by atoms with Gasteiger partial charge < -0.3 is 19.7 Å². The molecular weight excluding hydrogens is 336 g/mol. The summed E-state index contributed by atoms with van der Waals surface area (Å²) in [7, 11) is 0. The lowest BCUT2D eigenvalue weighted by Crippen LogP contribution is -3.14. The number of rotatable bonds is 6. The van der Waals surface area contributed by atoms with Crippen molar-refractivity contribution in [2.24, 2.45) is 0 Å². The fourth-order valence-electron chi connectivity index (χ4n) is 2.19. The number of hydrogen-bond acceptors (Lipinski definition) is 3. The van der Waals surface area contributed by atoms with Crippen molar-refractivity contribution in [3.05, 3.63) is 28.7 Å². The maximum atomic E-state index is 12.0. The first-order valence-electron chi connectivity index (χ1n) is 7.26. The first kappa shape index (κ1) is 16.3. The van der Waals surface area contributed by atoms with Gasteiger partial charge in [0.05, 0.1) is 26.3 Å². The summed E-state index contributed by atoms with van der Waals surface area (Å²) in [6.45, 7) is 7.02. The van der Waals surface area contributed by atoms with Gasteiger partial charge in [-0.25, -0.2) is 0 Å². The lowest BCUT2D eigenvalue weighted by atomic mass is 10.3. The van der Waals surface area contributed by atoms with Crippen LogP contribution in [-0.4, -0.2) is 51.4 Å². The molecule has 1 heterocycles. The van der Waals surface area contributed by atoms with Gasteiger partial charge in [-0.2, -0.15) is 0 Å². The third-order valence-corrected chi connectivity index (χ3v) is 4.00. The van der Waals surface area contributed by atoms with Gasteiger partial charge in [0.1, 0.15) is 18.8 Å². The normalized spacial score (nSPS) is 17.2. The second-order valence-electron chi connectivity index (χ2n) is 5.12. The fourth-order valence-corrected chi connectivity index (χ4v) is 2.45. The van der Waals surface area contributed by atoms with E-state index in [9.17, 15) is 4.79 Å². The van der Waals surface area contributed by atoms with E-state index >= 15 is 0 Å². The highest BCUT2D eigenvalue weighted by atomic mass is 79.9. The van der Waals surface area contributed by atoms with E-state index in [2.05, 4.69) is 21.2 Å². The summed E-state index contributed by atoms with van der Waals surface area (Å²) >= 11 is 3.37. The van der Waals surface area contributed by atoms with E-state index in [0.717, 1.165) is 37.3 Å². The molecule has 2 N–H and O–H groups in total. The van der Waals surface area contributed by atoms with Crippen LogP contribution in [0.4, 0.5) is 0 Å². The van der Waals surface area contributed by atoms with Crippen molar-refractivity contribution in [2.75, 3.05) is 39.4 Å². The van der Waals surface area contributed by atoms with Crippen LogP contribution in [0.1, 0.15) is 6.92 Å². The molecule has 5 nitrogen and oxygen atoms in total. The first-order valence-corrected chi connectivity index (χ1v) is 8.05. The van der Waals surface area contributed by atoms with Crippen molar-refractivity contribution >= 4 is 21.8 Å². The third-order valence-electron chi connectivity index (χ3n) is 3.47. The molecule has 1 aliphatic rings. The van der Waals surface area contributed by atoms with Crippen LogP contribution in [0.2, 0.25) is 0 Å². The highest BCUT2D eigenvalue weighted by molar-refractivity contribution is 9.10. The number of quaternary nitrogens is 1. The first-order chi connectivity index (χ1) is 10.1. The Bertz CT molecular complexity index is 447. The Balaban J connectivity index is 1.68. The molecule has 0 saturated carbocycles. The fraction of sp³-hybridized carbons (Fsp3) is 0.533. The summed E-state index contributed by atoms with van der Waals surface area (Å²) in [5.74, 6) is 0.616. The van der Waals surface area contributed by atoms with Gasteiger partial charge in [0, 0.05) is 4.47 Å². The molecule has 6 heteroatoms. The summed E-state index contributed by atoms with van der Waals surface area (Å²) in [6.07, 6.45) is -0.495. The van der Waals surface area contributed by atoms with Crippen LogP contribution in [-0.2, 0) is 9.53 Å². The molecule has 0 aromatic heterocycles. The van der Waals surface area contributed by atoms with E-state index in [1.54, 1.807) is 6.92 Å². The highest BCUT2D eigenvalue weighted by Crippen LogP contribution is 2.17. The number of carbonyl (C=O) groups excluding carboxylic acids is 1. The largest absolute Gasteiger partial charge is 0.481 e. The lowest BCUT2D eigenvalue weighted by molar-refractivity contribution is -0.906. The van der Waals surface area contributed by atoms with E-state index in [1.165, 1.54) is 4.90 Å². The van der Waals surface area contributed by atoms with Crippen molar-refractivity contribution in [1.82, 2.24) is 5.32 Å². The van der Waals surface area contributed by atoms with Crippen molar-refractivity contribution in [2.45, 2.75) is 13.0 Å². The number of hydrogen-bond donors (Lipinski definition) is 2. The summed E-state index contributed by atoms with van der Waals surface area (Å²) in [5, 5.41) is 2.93. The van der Waals surface area contributed by atoms with Gasteiger partial charge in [-0.3, -0.25) is 4.79 Å². The Morgan fingerprint density at radius 2 is 2.05 bits per heavy atom. The van der Waals surface area contributed by atoms with Crippen LogP contribution in [0.5, 0.6) is 5.75 Å². The minimum Gasteiger partial charge on any atom is -0.481 e. The summed E-state index contributed by atoms with van der Waals surface area (Å²) in [4.78, 5) is 13.5. The molecule has 1 aromatic rings. The molecule has 0 bridgehead atoms. The zero-order valence-electron chi connectivity index (χ0n) is 12.2. The number of halogens is 1. The minimum absolute atomic E-state index is 0.0782. The topological polar surface area (TPSA) is 52.0 Å². The van der Waals surface area contributed by atoms with E-state index in [4.69, 9.17) is 9.47 Å². The van der Waals surface area contributed by atoms with Crippen LogP contribution < -0.4 is 15.0 Å². The standard InChI is InChI=1S/C15H21BrN2O3/c1-12(21-14-4-2-13(16)3-5-14)15(19)17-6-7-18-8-10-20-11-9-18/h2-5,12H,6-11H2,1H3,(H,17,19)/p+1/t12-/m1/s1. The molecule has 1 fully saturated rings. The predicted octanol–water partition coefficient (Wildman–Crippen LogP) is 0.248. The van der Waals surface area contributed by atoms with Crippen LogP contribution in [0.25, 0.3) is 0 Å². The molecule has 0 unspecified atom stereocenters. The minimum atomic E-state index is -0.495. The molecule has 21 heavy (non-hydrogen) atoms. The smallest absolute Gasteiger partial charge is 0.260 e. The SMILES string of the molecule is C[C@@H](Oc1ccc(Br)cc1)C(=O)NCC[NH+]1CCOCC1. The van der Waals surface area contributed by atoms with Crippen LogP contribution in [0.3, 0.4) is 0 Å². The number of nitrogens with one attached hydrogen (secondary N) is 2. The van der Waals surface area contributed by atoms with Crippen molar-refractivity contribution in [3.8, 4) is 5.75 Å². The molecule has 1 amide bonds. The Hall–Kier alpha value is -1.11. The van der Waals surface area contributed by atoms with Gasteiger partial charge in [-0.15, -0.1) is 0 Å². The Labute approximate surface area is 133 Å². The van der Waals surface area contributed by atoms with Gasteiger partial charge >= 0.3 is 0 Å². The Morgan fingerprint density at radius 1 is 1.38 bits per heavy atom. The van der Waals surface area contributed by atoms with E-state index in [0.29, 0.717) is 12.3 Å². The monoisotopic (exact) mass is 357 g/mol. The average molecular weight is 358 g/mol. The van der Waals surface area contributed by atoms with Gasteiger partial charge in [-0.05, 0) is 31.2 Å². The highest BCUT2D eigenvalue weighted by Gasteiger charge is 2.17. The molecule has 1 aromatic carbocycles. The Kier molecular flexibility index (Phi) is 6.48. The van der Waals surface area contributed by atoms with E-state index in [1.807, 2.05) is 24.3 Å². The third kappa shape index (κ3) is 5.65. The Morgan fingerprint density at radius 3 is 2.71 bits per heavy atom. The van der Waals surface area contributed by atoms with Crippen LogP contribution >= 0.6 is 15.9 Å². The number of benzene rings is 1. The summed E-state index contributed by atoms with van der Waals surface area (Å²) < 4.78 is 11.9. The molecule has 0 aliphatic carbocycles. The quantitative estimate of drug-likeness (QED) is 0.767. The van der Waals surface area contributed by atoms with E-state index < -0.39 is 6.10 Å². The molecule has 0 radical (unpaired) electrons. The molecule has 1 aliphatic heterocycles. The maximum Gasteiger partial charge on any atom is 0.260 e. The summed E-state index contributed by atoms with van der Waals surface area (Å²) in [5.41, 5.74) is 0. The molecule has 116 valence electrons.